The monoisotopic (exact) mass is 913 g/mol. The van der Waals surface area contributed by atoms with Gasteiger partial charge in [0.15, 0.2) is 0 Å². The molecule has 3 aromatic heterocycles. The quantitative estimate of drug-likeness (QED) is 0.207. The number of nitrogens with one attached hydrogen (secondary N) is 2. The van der Waals surface area contributed by atoms with Gasteiger partial charge in [-0.15, -0.1) is 0 Å². The van der Waals surface area contributed by atoms with Crippen LogP contribution in [0.2, 0.25) is 10.3 Å². The lowest BCUT2D eigenvalue weighted by Gasteiger charge is -2.45. The highest BCUT2D eigenvalue weighted by atomic mass is 79.9. The highest BCUT2D eigenvalue weighted by molar-refractivity contribution is 9.10. The number of ether oxygens (including phenoxy) is 2. The number of sulfonamides is 1. The van der Waals surface area contributed by atoms with Gasteiger partial charge in [-0.05, 0) is 84.2 Å². The summed E-state index contributed by atoms with van der Waals surface area (Å²) in [6, 6.07) is 5.99. The van der Waals surface area contributed by atoms with E-state index < -0.39 is 46.1 Å². The second kappa shape index (κ2) is 19.8. The summed E-state index contributed by atoms with van der Waals surface area (Å²) in [7, 11) is -0.632. The molecule has 5 rings (SSSR count). The zero-order valence-electron chi connectivity index (χ0n) is 32.3. The maximum Gasteiger partial charge on any atom is 0.410 e. The molecular weight excluding hydrogens is 869 g/mol. The van der Waals surface area contributed by atoms with Crippen molar-refractivity contribution in [3.05, 3.63) is 81.0 Å². The molecule has 310 valence electrons. The molecular formula is C36H46BrCl2N9O8S. The number of aliphatic hydroxyl groups is 1. The molecule has 21 heteroatoms. The molecule has 0 aliphatic carbocycles. The van der Waals surface area contributed by atoms with E-state index in [1.54, 1.807) is 24.1 Å². The lowest BCUT2D eigenvalue weighted by atomic mass is 9.95. The van der Waals surface area contributed by atoms with Crippen molar-refractivity contribution in [2.75, 3.05) is 59.8 Å². The van der Waals surface area contributed by atoms with Gasteiger partial charge in [-0.3, -0.25) is 14.5 Å². The number of hydrogen-bond acceptors (Lipinski definition) is 13. The molecule has 0 aromatic carbocycles. The van der Waals surface area contributed by atoms with Crippen LogP contribution in [0.1, 0.15) is 54.5 Å². The Morgan fingerprint density at radius 2 is 1.70 bits per heavy atom. The fourth-order valence-corrected chi connectivity index (χ4v) is 8.60. The van der Waals surface area contributed by atoms with Gasteiger partial charge >= 0.3 is 6.09 Å². The third-order valence-electron chi connectivity index (χ3n) is 8.87. The Morgan fingerprint density at radius 3 is 2.30 bits per heavy atom. The summed E-state index contributed by atoms with van der Waals surface area (Å²) in [5.74, 6) is -0.853. The minimum absolute atomic E-state index is 0.0170. The summed E-state index contributed by atoms with van der Waals surface area (Å²) in [5, 5.41) is 16.5. The number of carbonyl (C=O) groups is 3. The van der Waals surface area contributed by atoms with Crippen molar-refractivity contribution in [2.24, 2.45) is 0 Å². The Morgan fingerprint density at radius 1 is 1.02 bits per heavy atom. The predicted molar refractivity (Wildman–Crippen MR) is 217 cm³/mol. The molecule has 17 nitrogen and oxygen atoms in total. The normalized spacial score (nSPS) is 20.2. The van der Waals surface area contributed by atoms with Crippen LogP contribution in [0, 0.1) is 0 Å². The lowest BCUT2D eigenvalue weighted by Crippen LogP contribution is -2.58. The average Bonchev–Trinajstić information content (AvgIpc) is 3.15. The third kappa shape index (κ3) is 11.9. The van der Waals surface area contributed by atoms with E-state index in [0.717, 1.165) is 17.9 Å². The van der Waals surface area contributed by atoms with Crippen molar-refractivity contribution in [2.45, 2.75) is 50.5 Å². The van der Waals surface area contributed by atoms with Crippen LogP contribution in [0.3, 0.4) is 0 Å². The Labute approximate surface area is 350 Å². The largest absolute Gasteiger partial charge is 0.444 e. The van der Waals surface area contributed by atoms with E-state index in [0.29, 0.717) is 35.0 Å². The SMILES string of the molecule is C=CC(=O)N1CCN(S(C)(=O)=O)[C@@H](c2cc(Cl)nc(-c3cc(C(=O)NC)ncn3)c2)[C@@H]1CO.COC[C@H]1[C@H](c2cc(Cl)nc(Br)c2)NCCN1C(=O)OC(C)(C)C. The van der Waals surface area contributed by atoms with Crippen molar-refractivity contribution in [3.8, 4) is 11.4 Å². The molecule has 57 heavy (non-hydrogen) atoms. The second-order valence-corrected chi connectivity index (χ2v) is 17.5. The molecule has 2 aliphatic heterocycles. The molecule has 0 unspecified atom stereocenters. The molecule has 4 atom stereocenters. The molecule has 3 amide bonds. The number of methoxy groups -OCH3 is 1. The van der Waals surface area contributed by atoms with Gasteiger partial charge in [-0.1, -0.05) is 29.8 Å². The van der Waals surface area contributed by atoms with Crippen LogP contribution in [0.5, 0.6) is 0 Å². The molecule has 2 aliphatic rings. The molecule has 2 saturated heterocycles. The minimum atomic E-state index is -3.72. The number of aromatic nitrogens is 4. The Bertz CT molecular complexity index is 2040. The van der Waals surface area contributed by atoms with Crippen LogP contribution < -0.4 is 10.6 Å². The Balaban J connectivity index is 0.000000266. The predicted octanol–water partition coefficient (Wildman–Crippen LogP) is 3.64. The van der Waals surface area contributed by atoms with Crippen molar-refractivity contribution < 1.29 is 37.4 Å². The first-order valence-corrected chi connectivity index (χ1v) is 21.0. The molecule has 0 bridgehead atoms. The van der Waals surface area contributed by atoms with Crippen molar-refractivity contribution in [3.63, 3.8) is 0 Å². The van der Waals surface area contributed by atoms with E-state index in [-0.39, 0.29) is 53.5 Å². The van der Waals surface area contributed by atoms with E-state index >= 15 is 0 Å². The first-order chi connectivity index (χ1) is 26.8. The van der Waals surface area contributed by atoms with Crippen LogP contribution in [0.25, 0.3) is 11.4 Å². The van der Waals surface area contributed by atoms with E-state index in [9.17, 15) is 27.9 Å². The highest BCUT2D eigenvalue weighted by Gasteiger charge is 2.43. The van der Waals surface area contributed by atoms with Gasteiger partial charge in [-0.2, -0.15) is 4.31 Å². The number of nitrogens with zero attached hydrogens (tertiary/aromatic N) is 7. The number of halogens is 3. The maximum absolute atomic E-state index is 12.6. The van der Waals surface area contributed by atoms with Crippen molar-refractivity contribution >= 4 is 67.1 Å². The number of aliphatic hydroxyl groups excluding tert-OH is 1. The Kier molecular flexibility index (Phi) is 15.9. The van der Waals surface area contributed by atoms with Gasteiger partial charge in [0.25, 0.3) is 5.91 Å². The summed E-state index contributed by atoms with van der Waals surface area (Å²) in [6.45, 7) is 10.3. The van der Waals surface area contributed by atoms with Gasteiger partial charge in [-0.25, -0.2) is 33.1 Å². The molecule has 0 saturated carbocycles. The Hall–Kier alpha value is -3.82. The molecule has 3 N–H and O–H groups in total. The van der Waals surface area contributed by atoms with Crippen molar-refractivity contribution in [1.82, 2.24) is 44.7 Å². The van der Waals surface area contributed by atoms with Crippen LogP contribution in [0.4, 0.5) is 4.79 Å². The van der Waals surface area contributed by atoms with Crippen LogP contribution >= 0.6 is 39.1 Å². The topological polar surface area (TPSA) is 209 Å². The van der Waals surface area contributed by atoms with Crippen LogP contribution in [-0.4, -0.2) is 143 Å². The van der Waals surface area contributed by atoms with Gasteiger partial charge in [0.2, 0.25) is 15.9 Å². The lowest BCUT2D eigenvalue weighted by molar-refractivity contribution is -0.133. The molecule has 5 heterocycles. The summed E-state index contributed by atoms with van der Waals surface area (Å²) >= 11 is 15.7. The van der Waals surface area contributed by atoms with Crippen molar-refractivity contribution in [1.29, 1.82) is 0 Å². The van der Waals surface area contributed by atoms with E-state index in [1.165, 1.54) is 34.7 Å². The number of pyridine rings is 2. The number of amides is 3. The summed E-state index contributed by atoms with van der Waals surface area (Å²) < 4.78 is 37.9. The van der Waals surface area contributed by atoms with Gasteiger partial charge in [0, 0.05) is 40.3 Å². The molecule has 0 radical (unpaired) electrons. The summed E-state index contributed by atoms with van der Waals surface area (Å²) in [5.41, 5.74) is 1.46. The zero-order valence-corrected chi connectivity index (χ0v) is 36.2. The molecule has 3 aromatic rings. The van der Waals surface area contributed by atoms with E-state index in [1.807, 2.05) is 26.8 Å². The number of hydrogen-bond donors (Lipinski definition) is 3. The first kappa shape index (κ1) is 45.9. The van der Waals surface area contributed by atoms with Gasteiger partial charge in [0.1, 0.15) is 32.5 Å². The van der Waals surface area contributed by atoms with Gasteiger partial charge in [0.05, 0.1) is 55.0 Å². The number of piperazine rings is 2. The first-order valence-electron chi connectivity index (χ1n) is 17.6. The average molecular weight is 916 g/mol. The van der Waals surface area contributed by atoms with E-state index in [4.69, 9.17) is 32.7 Å². The highest BCUT2D eigenvalue weighted by Crippen LogP contribution is 2.36. The maximum atomic E-state index is 12.6. The fraction of sp³-hybridized carbons (Fsp3) is 0.472. The smallest absolute Gasteiger partial charge is 0.410 e. The summed E-state index contributed by atoms with van der Waals surface area (Å²) in [4.78, 5) is 56.5. The molecule has 0 spiro atoms. The minimum Gasteiger partial charge on any atom is -0.444 e. The third-order valence-corrected chi connectivity index (χ3v) is 10.9. The summed E-state index contributed by atoms with van der Waals surface area (Å²) in [6.07, 6.45) is 3.04. The molecule has 2 fully saturated rings. The number of rotatable bonds is 9. The zero-order chi connectivity index (χ0) is 42.2. The van der Waals surface area contributed by atoms with Crippen LogP contribution in [0.15, 0.2) is 53.9 Å². The van der Waals surface area contributed by atoms with Gasteiger partial charge < -0.3 is 30.1 Å². The van der Waals surface area contributed by atoms with Crippen LogP contribution in [-0.2, 0) is 24.3 Å². The second-order valence-electron chi connectivity index (χ2n) is 14.0. The standard InChI is InChI=1S/C20H23ClN6O5S.C16H23BrClN3O3/c1-4-18(29)26-5-6-27(33(3,31)32)19(16(26)10-28)12-7-14(25-17(21)8-12)13-9-15(20(30)22-2)24-11-23-13;1-16(2,3)24-15(22)21-6-5-19-14(11(21)9-23-4)10-7-12(17)20-13(18)8-10/h4,7-9,11,16,19,28H,1,5-6,10H2,2-3H3,(H,22,30);7-8,11,14,19H,5-6,9H2,1-4H3/t16-,19-;11-,14-/m00/s1. The fourth-order valence-electron chi connectivity index (χ4n) is 6.52. The van der Waals surface area contributed by atoms with E-state index in [2.05, 4.69) is 53.1 Å². The number of carbonyl (C=O) groups excluding carboxylic acids is 3.